The van der Waals surface area contributed by atoms with Crippen LogP contribution in [-0.2, 0) is 0 Å². The largest absolute Gasteiger partial charge is 0.329 e. The van der Waals surface area contributed by atoms with Crippen LogP contribution in [0, 0.1) is 4.77 Å². The zero-order chi connectivity index (χ0) is 12.5. The number of nitrogens with one attached hydrogen (secondary N) is 1. The number of hydrogen-bond acceptors (Lipinski definition) is 3. The molecule has 0 fully saturated rings. The van der Waals surface area contributed by atoms with Crippen LogP contribution in [0.25, 0.3) is 16.9 Å². The molecule has 0 spiro atoms. The van der Waals surface area contributed by atoms with E-state index in [1.54, 1.807) is 18.0 Å². The molecule has 0 aliphatic heterocycles. The Labute approximate surface area is 114 Å². The van der Waals surface area contributed by atoms with Crippen molar-refractivity contribution in [2.75, 3.05) is 6.26 Å². The Morgan fingerprint density at radius 1 is 1.22 bits per heavy atom. The van der Waals surface area contributed by atoms with Gasteiger partial charge in [0.2, 0.25) is 0 Å². The number of hydrogen-bond donors (Lipinski definition) is 1. The number of rotatable bonds is 2. The zero-order valence-electron chi connectivity index (χ0n) is 9.75. The second-order valence-corrected chi connectivity index (χ2v) is 5.05. The van der Waals surface area contributed by atoms with Crippen LogP contribution in [-0.4, -0.2) is 20.8 Å². The van der Waals surface area contributed by atoms with Gasteiger partial charge in [-0.25, -0.2) is 4.98 Å². The third-order valence-corrected chi connectivity index (χ3v) is 3.84. The third kappa shape index (κ3) is 1.76. The van der Waals surface area contributed by atoms with Crippen molar-refractivity contribution in [3.8, 4) is 5.69 Å². The van der Waals surface area contributed by atoms with Gasteiger partial charge in [0.05, 0.1) is 11.2 Å². The van der Waals surface area contributed by atoms with E-state index in [1.807, 2.05) is 28.8 Å². The lowest BCUT2D eigenvalue weighted by Crippen LogP contribution is -1.97. The highest BCUT2D eigenvalue weighted by atomic mass is 32.2. The van der Waals surface area contributed by atoms with E-state index in [0.29, 0.717) is 4.77 Å². The number of fused-ring (bicyclic) bond motifs is 1. The van der Waals surface area contributed by atoms with E-state index in [-0.39, 0.29) is 0 Å². The summed E-state index contributed by atoms with van der Waals surface area (Å²) in [5.41, 5.74) is 2.89. The number of H-pyrrole nitrogens is 1. The van der Waals surface area contributed by atoms with Gasteiger partial charge < -0.3 is 4.98 Å². The van der Waals surface area contributed by atoms with Gasteiger partial charge in [0.15, 0.2) is 10.4 Å². The number of pyridine rings is 1. The van der Waals surface area contributed by atoms with Crippen LogP contribution in [0.4, 0.5) is 0 Å². The van der Waals surface area contributed by atoms with Gasteiger partial charge in [0.1, 0.15) is 0 Å². The van der Waals surface area contributed by atoms with E-state index in [9.17, 15) is 0 Å². The Morgan fingerprint density at radius 2 is 2.06 bits per heavy atom. The summed E-state index contributed by atoms with van der Waals surface area (Å²) in [4.78, 5) is 8.77. The number of thioether (sulfide) groups is 1. The molecule has 2 aromatic heterocycles. The molecule has 18 heavy (non-hydrogen) atoms. The van der Waals surface area contributed by atoms with Crippen LogP contribution in [0.1, 0.15) is 0 Å². The molecule has 0 radical (unpaired) electrons. The smallest absolute Gasteiger partial charge is 0.184 e. The van der Waals surface area contributed by atoms with Crippen molar-refractivity contribution in [3.05, 3.63) is 47.4 Å². The van der Waals surface area contributed by atoms with Gasteiger partial charge in [-0.1, -0.05) is 12.1 Å². The first-order valence-corrected chi connectivity index (χ1v) is 7.13. The summed E-state index contributed by atoms with van der Waals surface area (Å²) in [6, 6.07) is 12.1. The van der Waals surface area contributed by atoms with Crippen molar-refractivity contribution in [2.45, 2.75) is 4.90 Å². The van der Waals surface area contributed by atoms with Gasteiger partial charge in [0, 0.05) is 11.1 Å². The van der Waals surface area contributed by atoms with Crippen molar-refractivity contribution in [1.29, 1.82) is 0 Å². The average Bonchev–Trinajstić information content (AvgIpc) is 2.74. The van der Waals surface area contributed by atoms with Gasteiger partial charge in [-0.3, -0.25) is 4.57 Å². The molecule has 2 heterocycles. The second kappa shape index (κ2) is 4.59. The molecule has 0 aliphatic rings. The molecule has 0 unspecified atom stereocenters. The predicted octanol–water partition coefficient (Wildman–Crippen LogP) is 3.80. The fourth-order valence-electron chi connectivity index (χ4n) is 1.98. The van der Waals surface area contributed by atoms with Crippen molar-refractivity contribution in [1.82, 2.24) is 14.5 Å². The maximum atomic E-state index is 5.40. The first-order valence-electron chi connectivity index (χ1n) is 5.50. The summed E-state index contributed by atoms with van der Waals surface area (Å²) in [5, 5.41) is 0. The maximum Gasteiger partial charge on any atom is 0.184 e. The lowest BCUT2D eigenvalue weighted by molar-refractivity contribution is 1.01. The minimum Gasteiger partial charge on any atom is -0.329 e. The number of aromatic nitrogens is 3. The monoisotopic (exact) mass is 273 g/mol. The van der Waals surface area contributed by atoms with Crippen molar-refractivity contribution >= 4 is 35.1 Å². The lowest BCUT2D eigenvalue weighted by Gasteiger charge is -2.08. The summed E-state index contributed by atoms with van der Waals surface area (Å²) >= 11 is 7.10. The Morgan fingerprint density at radius 3 is 2.89 bits per heavy atom. The van der Waals surface area contributed by atoms with Crippen LogP contribution in [0.2, 0.25) is 0 Å². The molecule has 0 saturated heterocycles. The number of nitrogens with zero attached hydrogens (tertiary/aromatic N) is 2. The molecule has 1 N–H and O–H groups in total. The van der Waals surface area contributed by atoms with E-state index in [0.717, 1.165) is 16.9 Å². The molecule has 0 aliphatic carbocycles. The fraction of sp³-hybridized carbons (Fsp3) is 0.0769. The molecule has 3 aromatic rings. The summed E-state index contributed by atoms with van der Waals surface area (Å²) < 4.78 is 2.65. The SMILES string of the molecule is CSc1ccccc1-n1c(=S)[nH]c2cccnc21. The lowest BCUT2D eigenvalue weighted by atomic mass is 10.3. The molecule has 3 nitrogen and oxygen atoms in total. The van der Waals surface area contributed by atoms with E-state index in [1.165, 1.54) is 4.90 Å². The molecule has 0 bridgehead atoms. The highest BCUT2D eigenvalue weighted by Crippen LogP contribution is 2.26. The highest BCUT2D eigenvalue weighted by Gasteiger charge is 2.09. The standard InChI is InChI=1S/C13H11N3S2/c1-18-11-7-3-2-6-10(11)16-12-9(15-13(16)17)5-4-8-14-12/h2-8H,1H3,(H,15,17). The van der Waals surface area contributed by atoms with Crippen LogP contribution >= 0.6 is 24.0 Å². The average molecular weight is 273 g/mol. The van der Waals surface area contributed by atoms with Crippen molar-refractivity contribution in [2.24, 2.45) is 0 Å². The minimum atomic E-state index is 0.671. The first-order chi connectivity index (χ1) is 8.81. The predicted molar refractivity (Wildman–Crippen MR) is 78.0 cm³/mol. The fourth-order valence-corrected chi connectivity index (χ4v) is 2.86. The molecule has 0 amide bonds. The Kier molecular flexibility index (Phi) is 2.93. The van der Waals surface area contributed by atoms with Crippen LogP contribution in [0.3, 0.4) is 0 Å². The van der Waals surface area contributed by atoms with Gasteiger partial charge in [-0.15, -0.1) is 11.8 Å². The number of imidazole rings is 1. The summed E-state index contributed by atoms with van der Waals surface area (Å²) in [7, 11) is 0. The first kappa shape index (κ1) is 11.5. The van der Waals surface area contributed by atoms with E-state index in [2.05, 4.69) is 28.4 Å². The molecule has 0 atom stereocenters. The Hall–Kier alpha value is -1.59. The number of para-hydroxylation sites is 1. The Balaban J connectivity index is 2.38. The van der Waals surface area contributed by atoms with Crippen LogP contribution in [0.5, 0.6) is 0 Å². The van der Waals surface area contributed by atoms with E-state index in [4.69, 9.17) is 12.2 Å². The van der Waals surface area contributed by atoms with Gasteiger partial charge >= 0.3 is 0 Å². The normalized spacial score (nSPS) is 10.9. The molecule has 0 saturated carbocycles. The number of benzene rings is 1. The second-order valence-electron chi connectivity index (χ2n) is 3.81. The van der Waals surface area contributed by atoms with Gasteiger partial charge in [0.25, 0.3) is 0 Å². The summed E-state index contributed by atoms with van der Waals surface area (Å²) in [5.74, 6) is 0. The zero-order valence-corrected chi connectivity index (χ0v) is 11.4. The van der Waals surface area contributed by atoms with E-state index < -0.39 is 0 Å². The molecule has 1 aromatic carbocycles. The van der Waals surface area contributed by atoms with E-state index >= 15 is 0 Å². The summed E-state index contributed by atoms with van der Waals surface area (Å²) in [6.45, 7) is 0. The van der Waals surface area contributed by atoms with Gasteiger partial charge in [-0.2, -0.15) is 0 Å². The van der Waals surface area contributed by atoms with Gasteiger partial charge in [-0.05, 0) is 42.7 Å². The third-order valence-electron chi connectivity index (χ3n) is 2.77. The molecular weight excluding hydrogens is 262 g/mol. The molecule has 3 rings (SSSR count). The van der Waals surface area contributed by atoms with Crippen LogP contribution < -0.4 is 0 Å². The number of aromatic amines is 1. The molecule has 5 heteroatoms. The maximum absolute atomic E-state index is 5.40. The van der Waals surface area contributed by atoms with Crippen molar-refractivity contribution in [3.63, 3.8) is 0 Å². The van der Waals surface area contributed by atoms with Crippen molar-refractivity contribution < 1.29 is 0 Å². The van der Waals surface area contributed by atoms with Crippen LogP contribution in [0.15, 0.2) is 47.5 Å². The quantitative estimate of drug-likeness (QED) is 0.569. The topological polar surface area (TPSA) is 33.6 Å². The summed E-state index contributed by atoms with van der Waals surface area (Å²) in [6.07, 6.45) is 3.84. The molecule has 90 valence electrons. The highest BCUT2D eigenvalue weighted by molar-refractivity contribution is 7.98. The Bertz CT molecular complexity index is 758. The minimum absolute atomic E-state index is 0.671. The molecular formula is C13H11N3S2.